The normalized spacial score (nSPS) is 17.3. The van der Waals surface area contributed by atoms with E-state index in [2.05, 4.69) is 21.7 Å². The molecule has 0 aromatic carbocycles. The maximum Gasteiger partial charge on any atom is 0.199 e. The maximum absolute atomic E-state index is 3.99. The molecule has 1 radical (unpaired) electrons. The van der Waals surface area contributed by atoms with Gasteiger partial charge in [-0.05, 0) is 6.42 Å². The monoisotopic (exact) mass is 149 g/mol. The minimum atomic E-state index is 0.900. The molecule has 1 aromatic heterocycles. The Balaban J connectivity index is 2.16. The Morgan fingerprint density at radius 1 is 1.64 bits per heavy atom. The summed E-state index contributed by atoms with van der Waals surface area (Å²) in [6, 6.07) is 1.87. The van der Waals surface area contributed by atoms with Gasteiger partial charge in [-0.1, -0.05) is 0 Å². The summed E-state index contributed by atoms with van der Waals surface area (Å²) >= 11 is 0. The second-order valence-electron chi connectivity index (χ2n) is 2.43. The number of hydrogen-bond donors (Lipinski definition) is 1. The second kappa shape index (κ2) is 2.84. The number of anilines is 1. The van der Waals surface area contributed by atoms with Crippen molar-refractivity contribution >= 4 is 5.82 Å². The molecule has 0 saturated carbocycles. The maximum atomic E-state index is 3.99. The van der Waals surface area contributed by atoms with Crippen LogP contribution in [0.2, 0.25) is 0 Å². The highest BCUT2D eigenvalue weighted by Crippen LogP contribution is 2.08. The van der Waals surface area contributed by atoms with Crippen molar-refractivity contribution in [3.8, 4) is 0 Å². The van der Waals surface area contributed by atoms with Gasteiger partial charge in [0.2, 0.25) is 0 Å². The molecular weight excluding hydrogens is 140 g/mol. The molecule has 0 unspecified atom stereocenters. The van der Waals surface area contributed by atoms with Gasteiger partial charge in [0.25, 0.3) is 0 Å². The number of nitrogens with one attached hydrogen (secondary N) is 1. The molecule has 1 N–H and O–H groups in total. The summed E-state index contributed by atoms with van der Waals surface area (Å²) in [6.45, 7) is 2.05. The van der Waals surface area contributed by atoms with Crippen molar-refractivity contribution in [1.29, 1.82) is 0 Å². The van der Waals surface area contributed by atoms with Crippen LogP contribution in [0.15, 0.2) is 12.3 Å². The summed E-state index contributed by atoms with van der Waals surface area (Å²) in [7, 11) is 0. The van der Waals surface area contributed by atoms with Crippen LogP contribution in [0.4, 0.5) is 5.82 Å². The van der Waals surface area contributed by atoms with Gasteiger partial charge in [0.15, 0.2) is 6.33 Å². The average molecular weight is 149 g/mol. The molecule has 4 nitrogen and oxygen atoms in total. The topological polar surface area (TPSA) is 41.1 Å². The number of rotatable bonds is 1. The van der Waals surface area contributed by atoms with Crippen molar-refractivity contribution in [1.82, 2.24) is 15.4 Å². The van der Waals surface area contributed by atoms with E-state index in [-0.39, 0.29) is 0 Å². The van der Waals surface area contributed by atoms with Crippen LogP contribution in [0.5, 0.6) is 0 Å². The zero-order valence-electron chi connectivity index (χ0n) is 6.12. The molecule has 0 bridgehead atoms. The first-order valence-electron chi connectivity index (χ1n) is 3.67. The van der Waals surface area contributed by atoms with E-state index in [9.17, 15) is 0 Å². The second-order valence-corrected chi connectivity index (χ2v) is 2.43. The molecule has 0 aliphatic carbocycles. The summed E-state index contributed by atoms with van der Waals surface area (Å²) in [5, 5.41) is 2.01. The lowest BCUT2D eigenvalue weighted by molar-refractivity contribution is 0.770. The van der Waals surface area contributed by atoms with E-state index in [1.807, 2.05) is 11.1 Å². The van der Waals surface area contributed by atoms with Crippen molar-refractivity contribution in [2.45, 2.75) is 6.42 Å². The molecule has 0 amide bonds. The predicted molar refractivity (Wildman–Crippen MR) is 40.8 cm³/mol. The number of aromatic nitrogens is 2. The van der Waals surface area contributed by atoms with Crippen LogP contribution in [-0.2, 0) is 0 Å². The van der Waals surface area contributed by atoms with Crippen molar-refractivity contribution in [2.75, 3.05) is 18.1 Å². The Hall–Kier alpha value is -1.16. The zero-order valence-corrected chi connectivity index (χ0v) is 6.12. The standard InChI is InChI=1S/C7H9N4/c1-3-10-11(5-1)7-2-4-8-6-9-7/h2,4,10H,1,3,5H2. The molecule has 1 fully saturated rings. The third-order valence-corrected chi connectivity index (χ3v) is 1.66. The molecule has 57 valence electrons. The van der Waals surface area contributed by atoms with Crippen molar-refractivity contribution in [2.24, 2.45) is 0 Å². The molecule has 0 atom stereocenters. The lowest BCUT2D eigenvalue weighted by atomic mass is 10.4. The molecule has 11 heavy (non-hydrogen) atoms. The zero-order chi connectivity index (χ0) is 7.52. The van der Waals surface area contributed by atoms with Gasteiger partial charge >= 0.3 is 0 Å². The van der Waals surface area contributed by atoms with Crippen molar-refractivity contribution in [3.05, 3.63) is 18.6 Å². The molecule has 2 heterocycles. The highest BCUT2D eigenvalue weighted by atomic mass is 15.5. The summed E-state index contributed by atoms with van der Waals surface area (Å²) in [5.41, 5.74) is 3.20. The Bertz CT molecular complexity index is 217. The van der Waals surface area contributed by atoms with Crippen molar-refractivity contribution < 1.29 is 0 Å². The van der Waals surface area contributed by atoms with Gasteiger partial charge in [0.1, 0.15) is 5.82 Å². The quantitative estimate of drug-likeness (QED) is 0.609. The molecule has 4 heteroatoms. The van der Waals surface area contributed by atoms with E-state index in [1.165, 1.54) is 6.42 Å². The van der Waals surface area contributed by atoms with E-state index in [4.69, 9.17) is 0 Å². The Labute approximate surface area is 65.2 Å². The van der Waals surface area contributed by atoms with Crippen LogP contribution in [0.3, 0.4) is 0 Å². The third kappa shape index (κ3) is 1.30. The fraction of sp³-hybridized carbons (Fsp3) is 0.429. The smallest absolute Gasteiger partial charge is 0.199 e. The highest BCUT2D eigenvalue weighted by molar-refractivity contribution is 5.35. The number of hydrazine groups is 1. The Morgan fingerprint density at radius 3 is 3.27 bits per heavy atom. The fourth-order valence-corrected chi connectivity index (χ4v) is 1.13. The first-order valence-corrected chi connectivity index (χ1v) is 3.67. The fourth-order valence-electron chi connectivity index (χ4n) is 1.13. The largest absolute Gasteiger partial charge is 0.292 e. The van der Waals surface area contributed by atoms with E-state index in [0.29, 0.717) is 0 Å². The van der Waals surface area contributed by atoms with Crippen LogP contribution in [-0.4, -0.2) is 23.1 Å². The van der Waals surface area contributed by atoms with Gasteiger partial charge in [-0.2, -0.15) is 0 Å². The van der Waals surface area contributed by atoms with Crippen LogP contribution in [0.25, 0.3) is 0 Å². The molecular formula is C7H9N4. The third-order valence-electron chi connectivity index (χ3n) is 1.66. The molecule has 0 spiro atoms. The summed E-state index contributed by atoms with van der Waals surface area (Å²) in [4.78, 5) is 7.71. The van der Waals surface area contributed by atoms with Gasteiger partial charge < -0.3 is 0 Å². The molecule has 2 rings (SSSR count). The molecule has 1 aliphatic rings. The van der Waals surface area contributed by atoms with Crippen molar-refractivity contribution in [3.63, 3.8) is 0 Å². The van der Waals surface area contributed by atoms with E-state index in [1.54, 1.807) is 6.20 Å². The van der Waals surface area contributed by atoms with E-state index >= 15 is 0 Å². The van der Waals surface area contributed by atoms with Gasteiger partial charge in [0, 0.05) is 25.4 Å². The minimum Gasteiger partial charge on any atom is -0.292 e. The van der Waals surface area contributed by atoms with Crippen LogP contribution in [0.1, 0.15) is 6.42 Å². The van der Waals surface area contributed by atoms with Crippen LogP contribution in [0, 0.1) is 6.33 Å². The van der Waals surface area contributed by atoms with E-state index in [0.717, 1.165) is 18.9 Å². The molecule has 1 saturated heterocycles. The summed E-state index contributed by atoms with van der Waals surface area (Å²) < 4.78 is 0. The first-order chi connectivity index (χ1) is 5.47. The van der Waals surface area contributed by atoms with Crippen LogP contribution >= 0.6 is 0 Å². The number of nitrogens with zero attached hydrogens (tertiary/aromatic N) is 3. The van der Waals surface area contributed by atoms with E-state index < -0.39 is 0 Å². The van der Waals surface area contributed by atoms with Gasteiger partial charge in [0.05, 0.1) is 0 Å². The SMILES string of the molecule is [c]1nccc(N2CCCN2)n1. The van der Waals surface area contributed by atoms with Gasteiger partial charge in [-0.15, -0.1) is 0 Å². The summed E-state index contributed by atoms with van der Waals surface area (Å²) in [5.74, 6) is 0.900. The highest BCUT2D eigenvalue weighted by Gasteiger charge is 2.11. The molecule has 1 aliphatic heterocycles. The number of hydrogen-bond acceptors (Lipinski definition) is 4. The average Bonchev–Trinajstić information content (AvgIpc) is 2.58. The lowest BCUT2D eigenvalue weighted by Crippen LogP contribution is -2.31. The Kier molecular flexibility index (Phi) is 1.69. The Morgan fingerprint density at radius 2 is 2.64 bits per heavy atom. The van der Waals surface area contributed by atoms with Gasteiger partial charge in [-0.3, -0.25) is 5.01 Å². The lowest BCUT2D eigenvalue weighted by Gasteiger charge is -2.14. The minimum absolute atomic E-state index is 0.900. The predicted octanol–water partition coefficient (Wildman–Crippen LogP) is -0.00851. The first kappa shape index (κ1) is 6.54. The van der Waals surface area contributed by atoms with Crippen LogP contribution < -0.4 is 10.4 Å². The summed E-state index contributed by atoms with van der Waals surface area (Å²) in [6.07, 6.45) is 5.42. The van der Waals surface area contributed by atoms with Gasteiger partial charge in [-0.25, -0.2) is 15.4 Å². The molecule has 1 aromatic rings.